The lowest BCUT2D eigenvalue weighted by atomic mass is 10.2. The van der Waals surface area contributed by atoms with Gasteiger partial charge in [-0.15, -0.1) is 0 Å². The minimum atomic E-state index is -0.870. The number of halogens is 1. The summed E-state index contributed by atoms with van der Waals surface area (Å²) < 4.78 is 18.6. The SMILES string of the molecule is COc1ccc(Nc2cccc(F)c2[N+](=O)[O-])cc1C. The van der Waals surface area contributed by atoms with Crippen LogP contribution in [0, 0.1) is 22.9 Å². The summed E-state index contributed by atoms with van der Waals surface area (Å²) >= 11 is 0. The lowest BCUT2D eigenvalue weighted by Gasteiger charge is -2.10. The first-order valence-corrected chi connectivity index (χ1v) is 5.87. The van der Waals surface area contributed by atoms with E-state index in [2.05, 4.69) is 5.32 Å². The number of benzene rings is 2. The van der Waals surface area contributed by atoms with Crippen LogP contribution in [0.3, 0.4) is 0 Å². The van der Waals surface area contributed by atoms with Gasteiger partial charge in [0.05, 0.1) is 12.0 Å². The van der Waals surface area contributed by atoms with E-state index in [1.807, 2.05) is 6.92 Å². The predicted molar refractivity (Wildman–Crippen MR) is 74.1 cm³/mol. The Hall–Kier alpha value is -2.63. The van der Waals surface area contributed by atoms with Crippen LogP contribution < -0.4 is 10.1 Å². The van der Waals surface area contributed by atoms with Gasteiger partial charge in [-0.25, -0.2) is 0 Å². The molecule has 0 aromatic heterocycles. The Bertz CT molecular complexity index is 659. The van der Waals surface area contributed by atoms with Gasteiger partial charge in [-0.1, -0.05) is 6.07 Å². The summed E-state index contributed by atoms with van der Waals surface area (Å²) in [4.78, 5) is 10.2. The van der Waals surface area contributed by atoms with Gasteiger partial charge in [-0.3, -0.25) is 10.1 Å². The Kier molecular flexibility index (Phi) is 3.84. The molecule has 0 spiro atoms. The number of aryl methyl sites for hydroxylation is 1. The second-order valence-corrected chi connectivity index (χ2v) is 4.20. The molecule has 0 saturated heterocycles. The van der Waals surface area contributed by atoms with Crippen LogP contribution in [-0.4, -0.2) is 12.0 Å². The highest BCUT2D eigenvalue weighted by molar-refractivity contribution is 5.70. The molecule has 0 bridgehead atoms. The van der Waals surface area contributed by atoms with Crippen molar-refractivity contribution in [1.29, 1.82) is 0 Å². The number of nitrogens with one attached hydrogen (secondary N) is 1. The number of nitro benzene ring substituents is 1. The molecule has 0 atom stereocenters. The van der Waals surface area contributed by atoms with Gasteiger partial charge in [0.25, 0.3) is 0 Å². The molecule has 0 aliphatic carbocycles. The molecule has 0 aliphatic rings. The average Bonchev–Trinajstić information content (AvgIpc) is 2.38. The van der Waals surface area contributed by atoms with Gasteiger partial charge in [-0.05, 0) is 42.8 Å². The standard InChI is InChI=1S/C14H13FN2O3/c1-9-8-10(6-7-13(9)20-2)16-12-5-3-4-11(15)14(12)17(18)19/h3-8,16H,1-2H3. The molecule has 0 unspecified atom stereocenters. The van der Waals surface area contributed by atoms with Crippen LogP contribution >= 0.6 is 0 Å². The first-order chi connectivity index (χ1) is 9.52. The number of methoxy groups -OCH3 is 1. The molecule has 20 heavy (non-hydrogen) atoms. The Morgan fingerprint density at radius 3 is 2.65 bits per heavy atom. The average molecular weight is 276 g/mol. The second-order valence-electron chi connectivity index (χ2n) is 4.20. The van der Waals surface area contributed by atoms with Crippen molar-refractivity contribution in [3.63, 3.8) is 0 Å². The van der Waals surface area contributed by atoms with Crippen molar-refractivity contribution in [1.82, 2.24) is 0 Å². The molecular weight excluding hydrogens is 263 g/mol. The van der Waals surface area contributed by atoms with Crippen molar-refractivity contribution in [2.75, 3.05) is 12.4 Å². The molecule has 2 aromatic rings. The minimum absolute atomic E-state index is 0.111. The lowest BCUT2D eigenvalue weighted by Crippen LogP contribution is -2.00. The highest BCUT2D eigenvalue weighted by Crippen LogP contribution is 2.31. The summed E-state index contributed by atoms with van der Waals surface area (Å²) in [5, 5.41) is 13.8. The van der Waals surface area contributed by atoms with E-state index in [4.69, 9.17) is 4.74 Å². The number of hydrogen-bond acceptors (Lipinski definition) is 4. The zero-order valence-electron chi connectivity index (χ0n) is 11.0. The fourth-order valence-corrected chi connectivity index (χ4v) is 1.91. The fraction of sp³-hybridized carbons (Fsp3) is 0.143. The number of hydrogen-bond donors (Lipinski definition) is 1. The maximum absolute atomic E-state index is 13.5. The molecule has 0 aliphatic heterocycles. The van der Waals surface area contributed by atoms with Gasteiger partial charge < -0.3 is 10.1 Å². The van der Waals surface area contributed by atoms with Gasteiger partial charge in [0.15, 0.2) is 0 Å². The Morgan fingerprint density at radius 2 is 2.05 bits per heavy atom. The van der Waals surface area contributed by atoms with Crippen LogP contribution in [0.2, 0.25) is 0 Å². The van der Waals surface area contributed by atoms with Gasteiger partial charge >= 0.3 is 5.69 Å². The Balaban J connectivity index is 2.38. The number of anilines is 2. The number of nitrogens with zero attached hydrogens (tertiary/aromatic N) is 1. The molecular formula is C14H13FN2O3. The van der Waals surface area contributed by atoms with Gasteiger partial charge in [-0.2, -0.15) is 4.39 Å². The van der Waals surface area contributed by atoms with Crippen molar-refractivity contribution in [3.8, 4) is 5.75 Å². The smallest absolute Gasteiger partial charge is 0.327 e. The summed E-state index contributed by atoms with van der Waals surface area (Å²) in [5.74, 6) is -0.158. The summed E-state index contributed by atoms with van der Waals surface area (Å²) in [6, 6.07) is 9.15. The Morgan fingerprint density at radius 1 is 1.30 bits per heavy atom. The largest absolute Gasteiger partial charge is 0.496 e. The van der Waals surface area contributed by atoms with Crippen molar-refractivity contribution < 1.29 is 14.1 Å². The van der Waals surface area contributed by atoms with Crippen LogP contribution in [-0.2, 0) is 0 Å². The highest BCUT2D eigenvalue weighted by atomic mass is 19.1. The molecule has 6 heteroatoms. The molecule has 0 amide bonds. The van der Waals surface area contributed by atoms with Crippen LogP contribution in [0.15, 0.2) is 36.4 Å². The van der Waals surface area contributed by atoms with E-state index < -0.39 is 16.4 Å². The first-order valence-electron chi connectivity index (χ1n) is 5.87. The monoisotopic (exact) mass is 276 g/mol. The van der Waals surface area contributed by atoms with Crippen molar-refractivity contribution in [2.45, 2.75) is 6.92 Å². The van der Waals surface area contributed by atoms with E-state index in [-0.39, 0.29) is 5.69 Å². The highest BCUT2D eigenvalue weighted by Gasteiger charge is 2.19. The second kappa shape index (κ2) is 5.56. The number of rotatable bonds is 4. The summed E-state index contributed by atoms with van der Waals surface area (Å²) in [6.45, 7) is 1.85. The Labute approximate surface area is 115 Å². The van der Waals surface area contributed by atoms with E-state index in [9.17, 15) is 14.5 Å². The third kappa shape index (κ3) is 2.69. The van der Waals surface area contributed by atoms with Crippen molar-refractivity contribution >= 4 is 17.1 Å². The summed E-state index contributed by atoms with van der Waals surface area (Å²) in [5.41, 5.74) is 1.04. The number of para-hydroxylation sites is 1. The maximum atomic E-state index is 13.5. The molecule has 5 nitrogen and oxygen atoms in total. The van der Waals surface area contributed by atoms with Gasteiger partial charge in [0.2, 0.25) is 5.82 Å². The third-order valence-electron chi connectivity index (χ3n) is 2.84. The van der Waals surface area contributed by atoms with Crippen LogP contribution in [0.1, 0.15) is 5.56 Å². The molecule has 1 N–H and O–H groups in total. The summed E-state index contributed by atoms with van der Waals surface area (Å²) in [7, 11) is 1.56. The van der Waals surface area contributed by atoms with Crippen LogP contribution in [0.5, 0.6) is 5.75 Å². The van der Waals surface area contributed by atoms with E-state index in [0.29, 0.717) is 11.4 Å². The summed E-state index contributed by atoms with van der Waals surface area (Å²) in [6.07, 6.45) is 0. The zero-order valence-corrected chi connectivity index (χ0v) is 11.0. The van der Waals surface area contributed by atoms with E-state index >= 15 is 0 Å². The normalized spacial score (nSPS) is 10.2. The predicted octanol–water partition coefficient (Wildman–Crippen LogP) is 3.79. The number of nitro groups is 1. The maximum Gasteiger partial charge on any atom is 0.327 e. The van der Waals surface area contributed by atoms with Crippen LogP contribution in [0.25, 0.3) is 0 Å². The minimum Gasteiger partial charge on any atom is -0.496 e. The molecule has 0 fully saturated rings. The molecule has 104 valence electrons. The zero-order chi connectivity index (χ0) is 14.7. The molecule has 2 aromatic carbocycles. The molecule has 2 rings (SSSR count). The van der Waals surface area contributed by atoms with E-state index in [1.165, 1.54) is 12.1 Å². The molecule has 0 radical (unpaired) electrons. The molecule has 0 heterocycles. The van der Waals surface area contributed by atoms with Gasteiger partial charge in [0.1, 0.15) is 11.4 Å². The first kappa shape index (κ1) is 13.8. The van der Waals surface area contributed by atoms with Crippen molar-refractivity contribution in [3.05, 3.63) is 57.9 Å². The van der Waals surface area contributed by atoms with E-state index in [0.717, 1.165) is 11.6 Å². The lowest BCUT2D eigenvalue weighted by molar-refractivity contribution is -0.386. The topological polar surface area (TPSA) is 64.4 Å². The van der Waals surface area contributed by atoms with Crippen molar-refractivity contribution in [2.24, 2.45) is 0 Å². The number of ether oxygens (including phenoxy) is 1. The quantitative estimate of drug-likeness (QED) is 0.681. The third-order valence-corrected chi connectivity index (χ3v) is 2.84. The molecule has 0 saturated carbocycles. The van der Waals surface area contributed by atoms with E-state index in [1.54, 1.807) is 25.3 Å². The van der Waals surface area contributed by atoms with Gasteiger partial charge in [0, 0.05) is 5.69 Å². The fourth-order valence-electron chi connectivity index (χ4n) is 1.91. The van der Waals surface area contributed by atoms with Crippen LogP contribution in [0.4, 0.5) is 21.5 Å².